The first-order valence-corrected chi connectivity index (χ1v) is 8.87. The van der Waals surface area contributed by atoms with Crippen LogP contribution in [0.25, 0.3) is 0 Å². The van der Waals surface area contributed by atoms with Gasteiger partial charge in [0.05, 0.1) is 12.3 Å². The van der Waals surface area contributed by atoms with Gasteiger partial charge in [-0.15, -0.1) is 0 Å². The number of rotatable bonds is 6. The maximum absolute atomic E-state index is 13.4. The maximum Gasteiger partial charge on any atom is 0.222 e. The van der Waals surface area contributed by atoms with Gasteiger partial charge >= 0.3 is 0 Å². The Morgan fingerprint density at radius 2 is 2.04 bits per heavy atom. The number of aryl methyl sites for hydroxylation is 1. The van der Waals surface area contributed by atoms with Crippen molar-refractivity contribution in [1.82, 2.24) is 4.90 Å². The predicted molar refractivity (Wildman–Crippen MR) is 99.3 cm³/mol. The minimum atomic E-state index is -0.298. The highest BCUT2D eigenvalue weighted by Gasteiger charge is 2.26. The Kier molecular flexibility index (Phi) is 5.66. The van der Waals surface area contributed by atoms with Crippen molar-refractivity contribution >= 4 is 11.6 Å². The van der Waals surface area contributed by atoms with Crippen molar-refractivity contribution in [1.29, 1.82) is 0 Å². The first-order valence-electron chi connectivity index (χ1n) is 8.87. The molecule has 3 rings (SSSR count). The molecule has 26 heavy (non-hydrogen) atoms. The number of nitrogens with zero attached hydrogens (tertiary/aromatic N) is 2. The molecule has 0 bridgehead atoms. The molecule has 0 N–H and O–H groups in total. The molecule has 1 atom stereocenters. The standard InChI is InChI=1S/C21H23FN2O2/c1-3-21(25)24(13-16-5-4-6-18(22)11-16)14-19-12-20(23-26-19)17-9-7-15(2)8-10-17/h4-11,19H,3,12-14H2,1-2H3. The van der Waals surface area contributed by atoms with Gasteiger partial charge in [-0.3, -0.25) is 4.79 Å². The number of oxime groups is 1. The molecule has 0 spiro atoms. The van der Waals surface area contributed by atoms with Crippen molar-refractivity contribution in [3.63, 3.8) is 0 Å². The normalized spacial score (nSPS) is 16.1. The molecular weight excluding hydrogens is 331 g/mol. The van der Waals surface area contributed by atoms with Gasteiger partial charge in [-0.25, -0.2) is 4.39 Å². The highest BCUT2D eigenvalue weighted by atomic mass is 19.1. The van der Waals surface area contributed by atoms with E-state index in [0.717, 1.165) is 16.8 Å². The SMILES string of the molecule is CCC(=O)N(Cc1cccc(F)c1)CC1CC(c2ccc(C)cc2)=NO1. The first kappa shape index (κ1) is 18.1. The fourth-order valence-corrected chi connectivity index (χ4v) is 3.02. The maximum atomic E-state index is 13.4. The third-order valence-electron chi connectivity index (χ3n) is 4.46. The second kappa shape index (κ2) is 8.13. The lowest BCUT2D eigenvalue weighted by atomic mass is 10.0. The zero-order valence-electron chi connectivity index (χ0n) is 15.1. The fourth-order valence-electron chi connectivity index (χ4n) is 3.02. The molecule has 1 heterocycles. The van der Waals surface area contributed by atoms with Gasteiger partial charge in [0.25, 0.3) is 0 Å². The molecule has 0 saturated heterocycles. The van der Waals surface area contributed by atoms with Gasteiger partial charge in [0.15, 0.2) is 6.10 Å². The van der Waals surface area contributed by atoms with E-state index in [1.54, 1.807) is 11.0 Å². The lowest BCUT2D eigenvalue weighted by Gasteiger charge is -2.24. The Balaban J connectivity index is 1.65. The van der Waals surface area contributed by atoms with Gasteiger partial charge in [0, 0.05) is 19.4 Å². The molecule has 2 aromatic carbocycles. The van der Waals surface area contributed by atoms with Crippen LogP contribution in [-0.4, -0.2) is 29.2 Å². The van der Waals surface area contributed by atoms with Crippen molar-refractivity contribution in [3.8, 4) is 0 Å². The number of amides is 1. The summed E-state index contributed by atoms with van der Waals surface area (Å²) >= 11 is 0. The first-order chi connectivity index (χ1) is 12.5. The quantitative estimate of drug-likeness (QED) is 0.785. The highest BCUT2D eigenvalue weighted by molar-refractivity contribution is 6.01. The van der Waals surface area contributed by atoms with E-state index in [9.17, 15) is 9.18 Å². The molecule has 1 unspecified atom stereocenters. The van der Waals surface area contributed by atoms with Crippen LogP contribution in [0.5, 0.6) is 0 Å². The van der Waals surface area contributed by atoms with E-state index in [1.165, 1.54) is 17.7 Å². The molecule has 1 aliphatic rings. The molecule has 4 nitrogen and oxygen atoms in total. The van der Waals surface area contributed by atoms with Crippen LogP contribution < -0.4 is 0 Å². The lowest BCUT2D eigenvalue weighted by Crippen LogP contribution is -2.36. The summed E-state index contributed by atoms with van der Waals surface area (Å²) in [6, 6.07) is 14.5. The number of hydrogen-bond donors (Lipinski definition) is 0. The Labute approximate surface area is 153 Å². The third kappa shape index (κ3) is 4.48. The minimum Gasteiger partial charge on any atom is -0.390 e. The van der Waals surface area contributed by atoms with Gasteiger partial charge < -0.3 is 9.74 Å². The zero-order valence-corrected chi connectivity index (χ0v) is 15.1. The third-order valence-corrected chi connectivity index (χ3v) is 4.46. The number of benzene rings is 2. The van der Waals surface area contributed by atoms with Gasteiger partial charge in [-0.1, -0.05) is 54.0 Å². The van der Waals surface area contributed by atoms with Crippen LogP contribution in [0.3, 0.4) is 0 Å². The summed E-state index contributed by atoms with van der Waals surface area (Å²) in [5.41, 5.74) is 3.89. The predicted octanol–water partition coefficient (Wildman–Crippen LogP) is 4.07. The van der Waals surface area contributed by atoms with E-state index in [1.807, 2.05) is 44.2 Å². The summed E-state index contributed by atoms with van der Waals surface area (Å²) in [6.45, 7) is 4.66. The number of carbonyl (C=O) groups excluding carboxylic acids is 1. The van der Waals surface area contributed by atoms with Crippen molar-refractivity contribution in [2.24, 2.45) is 5.16 Å². The molecule has 0 saturated carbocycles. The summed E-state index contributed by atoms with van der Waals surface area (Å²) in [5.74, 6) is -0.282. The van der Waals surface area contributed by atoms with E-state index < -0.39 is 0 Å². The van der Waals surface area contributed by atoms with Crippen molar-refractivity contribution in [2.45, 2.75) is 39.3 Å². The van der Waals surface area contributed by atoms with Crippen LogP contribution in [0.15, 0.2) is 53.7 Å². The molecule has 5 heteroatoms. The van der Waals surface area contributed by atoms with Crippen LogP contribution in [-0.2, 0) is 16.2 Å². The fraction of sp³-hybridized carbons (Fsp3) is 0.333. The van der Waals surface area contributed by atoms with E-state index in [2.05, 4.69) is 5.16 Å². The Morgan fingerprint density at radius 1 is 1.27 bits per heavy atom. The van der Waals surface area contributed by atoms with Crippen LogP contribution in [0.1, 0.15) is 36.5 Å². The molecule has 0 aromatic heterocycles. The largest absolute Gasteiger partial charge is 0.390 e. The van der Waals surface area contributed by atoms with Gasteiger partial charge in [0.1, 0.15) is 5.82 Å². The van der Waals surface area contributed by atoms with Gasteiger partial charge in [0.2, 0.25) is 5.91 Å². The Hall–Kier alpha value is -2.69. The molecule has 1 amide bonds. The Bertz CT molecular complexity index is 802. The second-order valence-electron chi connectivity index (χ2n) is 6.59. The van der Waals surface area contributed by atoms with Gasteiger partial charge in [-0.2, -0.15) is 0 Å². The van der Waals surface area contributed by atoms with Crippen LogP contribution in [0, 0.1) is 12.7 Å². The molecule has 0 aliphatic carbocycles. The molecule has 1 aliphatic heterocycles. The zero-order chi connectivity index (χ0) is 18.5. The molecule has 0 fully saturated rings. The average Bonchev–Trinajstić information content (AvgIpc) is 3.10. The van der Waals surface area contributed by atoms with Crippen molar-refractivity contribution in [2.75, 3.05) is 6.54 Å². The Morgan fingerprint density at radius 3 is 2.73 bits per heavy atom. The smallest absolute Gasteiger partial charge is 0.222 e. The summed E-state index contributed by atoms with van der Waals surface area (Å²) in [7, 11) is 0. The van der Waals surface area contributed by atoms with E-state index in [-0.39, 0.29) is 17.8 Å². The number of carbonyl (C=O) groups is 1. The van der Waals surface area contributed by atoms with Crippen LogP contribution in [0.2, 0.25) is 0 Å². The summed E-state index contributed by atoms with van der Waals surface area (Å²) in [6.07, 6.45) is 0.864. The van der Waals surface area contributed by atoms with Gasteiger partial charge in [-0.05, 0) is 30.2 Å². The van der Waals surface area contributed by atoms with E-state index in [4.69, 9.17) is 4.84 Å². The highest BCUT2D eigenvalue weighted by Crippen LogP contribution is 2.19. The van der Waals surface area contributed by atoms with Crippen LogP contribution in [0.4, 0.5) is 4.39 Å². The molecular formula is C21H23FN2O2. The van der Waals surface area contributed by atoms with E-state index in [0.29, 0.717) is 25.9 Å². The lowest BCUT2D eigenvalue weighted by molar-refractivity contribution is -0.133. The summed E-state index contributed by atoms with van der Waals surface area (Å²) in [4.78, 5) is 19.6. The molecule has 136 valence electrons. The summed E-state index contributed by atoms with van der Waals surface area (Å²) in [5, 5.41) is 4.20. The topological polar surface area (TPSA) is 41.9 Å². The van der Waals surface area contributed by atoms with E-state index >= 15 is 0 Å². The van der Waals surface area contributed by atoms with Crippen LogP contribution >= 0.6 is 0 Å². The minimum absolute atomic E-state index is 0.0154. The monoisotopic (exact) mass is 354 g/mol. The average molecular weight is 354 g/mol. The number of halogens is 1. The molecule has 0 radical (unpaired) electrons. The second-order valence-corrected chi connectivity index (χ2v) is 6.59. The summed E-state index contributed by atoms with van der Waals surface area (Å²) < 4.78 is 13.4. The molecule has 2 aromatic rings. The number of hydrogen-bond acceptors (Lipinski definition) is 3. The van der Waals surface area contributed by atoms with Crippen molar-refractivity contribution < 1.29 is 14.0 Å². The van der Waals surface area contributed by atoms with Crippen molar-refractivity contribution in [3.05, 3.63) is 71.0 Å².